The number of aryl methyl sites for hydroxylation is 1. The maximum Gasteiger partial charge on any atom is 0.369 e. The monoisotopic (exact) mass is 220 g/mol. The zero-order chi connectivity index (χ0) is 11.7. The molecule has 0 atom stereocenters. The Morgan fingerprint density at radius 1 is 1.38 bits per heavy atom. The number of nitrogens with two attached hydrogens (primary N) is 1. The molecule has 0 unspecified atom stereocenters. The molecule has 6 nitrogen and oxygen atoms in total. The van der Waals surface area contributed by atoms with Gasteiger partial charge in [0, 0.05) is 0 Å². The van der Waals surface area contributed by atoms with Crippen molar-refractivity contribution in [3.8, 4) is 11.4 Å². The Balaban J connectivity index is 2.68. The molecule has 84 valence electrons. The van der Waals surface area contributed by atoms with E-state index in [4.69, 9.17) is 10.6 Å². The van der Waals surface area contributed by atoms with E-state index in [1.165, 1.54) is 11.8 Å². The quantitative estimate of drug-likeness (QED) is 0.726. The van der Waals surface area contributed by atoms with Gasteiger partial charge in [-0.25, -0.2) is 4.79 Å². The first-order valence-corrected chi connectivity index (χ1v) is 4.72. The van der Waals surface area contributed by atoms with E-state index >= 15 is 0 Å². The Bertz CT molecular complexity index is 570. The van der Waals surface area contributed by atoms with Crippen molar-refractivity contribution in [2.24, 2.45) is 0 Å². The van der Waals surface area contributed by atoms with Crippen molar-refractivity contribution < 1.29 is 4.74 Å². The summed E-state index contributed by atoms with van der Waals surface area (Å²) in [7, 11) is 1.54. The van der Waals surface area contributed by atoms with Gasteiger partial charge in [0.25, 0.3) is 0 Å². The second-order valence-corrected chi connectivity index (χ2v) is 3.28. The summed E-state index contributed by atoms with van der Waals surface area (Å²) in [6.45, 7) is 1.66. The molecule has 1 heterocycles. The predicted molar refractivity (Wildman–Crippen MR) is 59.3 cm³/mol. The number of para-hydroxylation sites is 2. The number of hydrogen-bond donors (Lipinski definition) is 1. The lowest BCUT2D eigenvalue weighted by atomic mass is 10.3. The second-order valence-electron chi connectivity index (χ2n) is 3.28. The van der Waals surface area contributed by atoms with Crippen LogP contribution < -0.4 is 16.3 Å². The Hall–Kier alpha value is -2.24. The SMILES string of the molecule is COc1ccccc1-n1nc(C)n(N)c1=O. The summed E-state index contributed by atoms with van der Waals surface area (Å²) < 4.78 is 7.36. The minimum absolute atomic E-state index is 0.401. The van der Waals surface area contributed by atoms with E-state index < -0.39 is 5.69 Å². The van der Waals surface area contributed by atoms with Crippen LogP contribution in [0.25, 0.3) is 5.69 Å². The van der Waals surface area contributed by atoms with Crippen LogP contribution in [0.2, 0.25) is 0 Å². The average molecular weight is 220 g/mol. The molecule has 0 fully saturated rings. The number of hydrogen-bond acceptors (Lipinski definition) is 4. The molecule has 2 N–H and O–H groups in total. The van der Waals surface area contributed by atoms with E-state index in [-0.39, 0.29) is 0 Å². The van der Waals surface area contributed by atoms with Gasteiger partial charge in [-0.3, -0.25) is 0 Å². The van der Waals surface area contributed by atoms with Crippen molar-refractivity contribution in [3.63, 3.8) is 0 Å². The number of rotatable bonds is 2. The summed E-state index contributed by atoms with van der Waals surface area (Å²) in [6.07, 6.45) is 0. The van der Waals surface area contributed by atoms with Gasteiger partial charge in [-0.1, -0.05) is 12.1 Å². The van der Waals surface area contributed by atoms with E-state index in [1.807, 2.05) is 6.07 Å². The van der Waals surface area contributed by atoms with Gasteiger partial charge in [0.1, 0.15) is 11.4 Å². The summed E-state index contributed by atoms with van der Waals surface area (Å²) in [5.41, 5.74) is 0.171. The van der Waals surface area contributed by atoms with E-state index in [1.54, 1.807) is 25.1 Å². The summed E-state index contributed by atoms with van der Waals surface area (Å²) in [6, 6.07) is 7.12. The minimum Gasteiger partial charge on any atom is -0.494 e. The fraction of sp³-hybridized carbons (Fsp3) is 0.200. The van der Waals surface area contributed by atoms with Gasteiger partial charge in [0.15, 0.2) is 5.82 Å². The standard InChI is InChI=1S/C10H12N4O2/c1-7-12-14(10(15)13(7)11)8-5-3-4-6-9(8)16-2/h3-6H,11H2,1-2H3. The molecule has 0 aliphatic heterocycles. The third-order valence-corrected chi connectivity index (χ3v) is 2.29. The summed E-state index contributed by atoms with van der Waals surface area (Å²) in [5, 5.41) is 4.05. The maximum absolute atomic E-state index is 11.7. The van der Waals surface area contributed by atoms with E-state index in [0.29, 0.717) is 17.3 Å². The Morgan fingerprint density at radius 3 is 2.62 bits per heavy atom. The highest BCUT2D eigenvalue weighted by Gasteiger charge is 2.12. The van der Waals surface area contributed by atoms with Crippen LogP contribution in [0.3, 0.4) is 0 Å². The number of nitrogens with zero attached hydrogens (tertiary/aromatic N) is 3. The van der Waals surface area contributed by atoms with Crippen LogP contribution in [0.5, 0.6) is 5.75 Å². The van der Waals surface area contributed by atoms with Gasteiger partial charge in [-0.05, 0) is 19.1 Å². The molecule has 2 aromatic rings. The minimum atomic E-state index is -0.401. The Labute approximate surface area is 91.8 Å². The van der Waals surface area contributed by atoms with Crippen LogP contribution in [0.15, 0.2) is 29.1 Å². The van der Waals surface area contributed by atoms with Gasteiger partial charge < -0.3 is 10.6 Å². The molecular formula is C10H12N4O2. The molecule has 2 rings (SSSR count). The number of nitrogen functional groups attached to an aromatic ring is 1. The molecule has 0 saturated carbocycles. The lowest BCUT2D eigenvalue weighted by Gasteiger charge is -2.05. The lowest BCUT2D eigenvalue weighted by molar-refractivity contribution is 0.411. The molecule has 0 aliphatic carbocycles. The van der Waals surface area contributed by atoms with Crippen LogP contribution in [0, 0.1) is 6.92 Å². The van der Waals surface area contributed by atoms with E-state index in [9.17, 15) is 4.79 Å². The van der Waals surface area contributed by atoms with Crippen molar-refractivity contribution in [3.05, 3.63) is 40.6 Å². The molecule has 0 bridgehead atoms. The van der Waals surface area contributed by atoms with Crippen molar-refractivity contribution in [1.29, 1.82) is 0 Å². The zero-order valence-electron chi connectivity index (χ0n) is 9.04. The second kappa shape index (κ2) is 3.73. The summed E-state index contributed by atoms with van der Waals surface area (Å²) in [4.78, 5) is 11.7. The van der Waals surface area contributed by atoms with Gasteiger partial charge in [0.05, 0.1) is 7.11 Å². The molecule has 16 heavy (non-hydrogen) atoms. The highest BCUT2D eigenvalue weighted by Crippen LogP contribution is 2.19. The normalized spacial score (nSPS) is 10.4. The summed E-state index contributed by atoms with van der Waals surface area (Å²) >= 11 is 0. The first-order valence-electron chi connectivity index (χ1n) is 4.72. The van der Waals surface area contributed by atoms with Crippen molar-refractivity contribution >= 4 is 0 Å². The highest BCUT2D eigenvalue weighted by atomic mass is 16.5. The highest BCUT2D eigenvalue weighted by molar-refractivity contribution is 5.45. The van der Waals surface area contributed by atoms with Gasteiger partial charge in [0.2, 0.25) is 0 Å². The fourth-order valence-corrected chi connectivity index (χ4v) is 1.44. The molecule has 0 aliphatic rings. The molecule has 1 aromatic heterocycles. The first-order chi connectivity index (χ1) is 7.65. The van der Waals surface area contributed by atoms with Crippen LogP contribution in [-0.4, -0.2) is 21.6 Å². The zero-order valence-corrected chi connectivity index (χ0v) is 9.04. The molecule has 1 aromatic carbocycles. The smallest absolute Gasteiger partial charge is 0.369 e. The first kappa shape index (κ1) is 10.3. The van der Waals surface area contributed by atoms with Crippen LogP contribution in [0.4, 0.5) is 0 Å². The maximum atomic E-state index is 11.7. The Morgan fingerprint density at radius 2 is 2.06 bits per heavy atom. The third kappa shape index (κ3) is 1.44. The van der Waals surface area contributed by atoms with Gasteiger partial charge in [-0.2, -0.15) is 9.36 Å². The largest absolute Gasteiger partial charge is 0.494 e. The predicted octanol–water partition coefficient (Wildman–Crippen LogP) is 0.0648. The topological polar surface area (TPSA) is 75.1 Å². The molecular weight excluding hydrogens is 208 g/mol. The molecule has 0 radical (unpaired) electrons. The van der Waals surface area contributed by atoms with Crippen molar-refractivity contribution in [2.45, 2.75) is 6.92 Å². The van der Waals surface area contributed by atoms with Crippen molar-refractivity contribution in [1.82, 2.24) is 14.5 Å². The molecule has 0 amide bonds. The third-order valence-electron chi connectivity index (χ3n) is 2.29. The van der Waals surface area contributed by atoms with Crippen LogP contribution in [-0.2, 0) is 0 Å². The van der Waals surface area contributed by atoms with Crippen LogP contribution >= 0.6 is 0 Å². The van der Waals surface area contributed by atoms with E-state index in [0.717, 1.165) is 4.68 Å². The number of methoxy groups -OCH3 is 1. The van der Waals surface area contributed by atoms with Crippen molar-refractivity contribution in [2.75, 3.05) is 13.0 Å². The number of ether oxygens (including phenoxy) is 1. The number of benzene rings is 1. The van der Waals surface area contributed by atoms with Gasteiger partial charge >= 0.3 is 5.69 Å². The average Bonchev–Trinajstić information content (AvgIpc) is 2.57. The van der Waals surface area contributed by atoms with Crippen LogP contribution in [0.1, 0.15) is 5.82 Å². The van der Waals surface area contributed by atoms with Gasteiger partial charge in [-0.15, -0.1) is 5.10 Å². The summed E-state index contributed by atoms with van der Waals surface area (Å²) in [5.74, 6) is 6.52. The molecule has 0 spiro atoms. The number of aromatic nitrogens is 3. The lowest BCUT2D eigenvalue weighted by Crippen LogP contribution is -2.29. The fourth-order valence-electron chi connectivity index (χ4n) is 1.44. The van der Waals surface area contributed by atoms with E-state index in [2.05, 4.69) is 5.10 Å². The molecule has 6 heteroatoms. The molecule has 0 saturated heterocycles. The Kier molecular flexibility index (Phi) is 2.40.